The molecule has 1 heterocycles. The second kappa shape index (κ2) is 13.8. The molecule has 0 unspecified atom stereocenters. The highest BCUT2D eigenvalue weighted by molar-refractivity contribution is 14.0. The Balaban J connectivity index is 0.00000364. The van der Waals surface area contributed by atoms with Gasteiger partial charge in [-0.3, -0.25) is 9.79 Å². The number of unbranched alkanes of at least 4 members (excludes halogenated alkanes) is 3. The summed E-state index contributed by atoms with van der Waals surface area (Å²) in [6.07, 6.45) is 8.45. The maximum atomic E-state index is 12.5. The SMILES string of the molecule is CCCCCCNC(=NC)NCc1ccc(C(=O)N2CCCCC2)cc1.I. The van der Waals surface area contributed by atoms with Gasteiger partial charge in [-0.15, -0.1) is 24.0 Å². The van der Waals surface area contributed by atoms with Gasteiger partial charge in [0, 0.05) is 38.8 Å². The van der Waals surface area contributed by atoms with Crippen molar-refractivity contribution in [3.63, 3.8) is 0 Å². The van der Waals surface area contributed by atoms with E-state index in [0.717, 1.165) is 49.6 Å². The van der Waals surface area contributed by atoms with Crippen molar-refractivity contribution in [2.45, 2.75) is 58.4 Å². The first-order chi connectivity index (χ1) is 12.7. The molecule has 1 aliphatic heterocycles. The predicted octanol–water partition coefficient (Wildman–Crippen LogP) is 4.18. The van der Waals surface area contributed by atoms with E-state index in [2.05, 4.69) is 22.5 Å². The second-order valence-electron chi connectivity index (χ2n) is 6.96. The third kappa shape index (κ3) is 8.49. The number of guanidine groups is 1. The van der Waals surface area contributed by atoms with Crippen LogP contribution >= 0.6 is 24.0 Å². The van der Waals surface area contributed by atoms with Crippen LogP contribution in [-0.4, -0.2) is 43.4 Å². The van der Waals surface area contributed by atoms with E-state index in [1.54, 1.807) is 7.05 Å². The molecule has 0 radical (unpaired) electrons. The maximum Gasteiger partial charge on any atom is 0.253 e. The summed E-state index contributed by atoms with van der Waals surface area (Å²) in [5, 5.41) is 6.68. The first kappa shape index (κ1) is 23.7. The molecule has 0 bridgehead atoms. The number of hydrogen-bond acceptors (Lipinski definition) is 2. The Morgan fingerprint density at radius 3 is 2.37 bits per heavy atom. The van der Waals surface area contributed by atoms with Crippen molar-refractivity contribution in [3.8, 4) is 0 Å². The number of likely N-dealkylation sites (tertiary alicyclic amines) is 1. The van der Waals surface area contributed by atoms with Gasteiger partial charge in [0.25, 0.3) is 5.91 Å². The largest absolute Gasteiger partial charge is 0.356 e. The second-order valence-corrected chi connectivity index (χ2v) is 6.96. The predicted molar refractivity (Wildman–Crippen MR) is 124 cm³/mol. The average Bonchev–Trinajstić information content (AvgIpc) is 2.70. The van der Waals surface area contributed by atoms with E-state index < -0.39 is 0 Å². The molecule has 2 N–H and O–H groups in total. The lowest BCUT2D eigenvalue weighted by Crippen LogP contribution is -2.37. The number of rotatable bonds is 8. The normalized spacial score (nSPS) is 14.4. The third-order valence-corrected chi connectivity index (χ3v) is 4.85. The van der Waals surface area contributed by atoms with Gasteiger partial charge in [0.15, 0.2) is 5.96 Å². The van der Waals surface area contributed by atoms with E-state index in [0.29, 0.717) is 6.54 Å². The Morgan fingerprint density at radius 2 is 1.74 bits per heavy atom. The molecule has 1 aromatic rings. The lowest BCUT2D eigenvalue weighted by atomic mass is 10.1. The van der Waals surface area contributed by atoms with Gasteiger partial charge in [-0.2, -0.15) is 0 Å². The first-order valence-corrected chi connectivity index (χ1v) is 10.1. The Morgan fingerprint density at radius 1 is 1.04 bits per heavy atom. The van der Waals surface area contributed by atoms with E-state index in [9.17, 15) is 4.79 Å². The topological polar surface area (TPSA) is 56.7 Å². The minimum Gasteiger partial charge on any atom is -0.356 e. The van der Waals surface area contributed by atoms with Gasteiger partial charge in [0.1, 0.15) is 0 Å². The van der Waals surface area contributed by atoms with Crippen LogP contribution in [0.3, 0.4) is 0 Å². The van der Waals surface area contributed by atoms with E-state index in [-0.39, 0.29) is 29.9 Å². The Kier molecular flexibility index (Phi) is 12.1. The molecule has 2 rings (SSSR count). The summed E-state index contributed by atoms with van der Waals surface area (Å²) in [6.45, 7) is 5.65. The van der Waals surface area contributed by atoms with Gasteiger partial charge < -0.3 is 15.5 Å². The van der Waals surface area contributed by atoms with Gasteiger partial charge >= 0.3 is 0 Å². The number of hydrogen-bond donors (Lipinski definition) is 2. The van der Waals surface area contributed by atoms with Crippen molar-refractivity contribution in [1.82, 2.24) is 15.5 Å². The van der Waals surface area contributed by atoms with Crippen molar-refractivity contribution in [1.29, 1.82) is 0 Å². The summed E-state index contributed by atoms with van der Waals surface area (Å²) >= 11 is 0. The van der Waals surface area contributed by atoms with E-state index in [4.69, 9.17) is 0 Å². The van der Waals surface area contributed by atoms with Crippen LogP contribution in [0.1, 0.15) is 67.8 Å². The number of benzene rings is 1. The summed E-state index contributed by atoms with van der Waals surface area (Å²) in [5.74, 6) is 0.990. The molecule has 152 valence electrons. The quantitative estimate of drug-likeness (QED) is 0.251. The Labute approximate surface area is 181 Å². The summed E-state index contributed by atoms with van der Waals surface area (Å²) in [5.41, 5.74) is 1.93. The molecule has 1 saturated heterocycles. The van der Waals surface area contributed by atoms with Crippen LogP contribution in [0.2, 0.25) is 0 Å². The third-order valence-electron chi connectivity index (χ3n) is 4.85. The molecule has 1 aliphatic rings. The number of carbonyl (C=O) groups is 1. The van der Waals surface area contributed by atoms with Gasteiger partial charge in [-0.1, -0.05) is 38.3 Å². The maximum absolute atomic E-state index is 12.5. The molecular weight excluding hydrogens is 451 g/mol. The summed E-state index contributed by atoms with van der Waals surface area (Å²) in [4.78, 5) is 18.7. The molecular formula is C21H35IN4O. The minimum atomic E-state index is 0. The highest BCUT2D eigenvalue weighted by atomic mass is 127. The van der Waals surface area contributed by atoms with Crippen molar-refractivity contribution in [2.24, 2.45) is 4.99 Å². The number of piperidine rings is 1. The highest BCUT2D eigenvalue weighted by Crippen LogP contribution is 2.13. The average molecular weight is 486 g/mol. The molecule has 5 nitrogen and oxygen atoms in total. The molecule has 0 spiro atoms. The van der Waals surface area contributed by atoms with E-state index >= 15 is 0 Å². The van der Waals surface area contributed by atoms with Crippen LogP contribution in [-0.2, 0) is 6.54 Å². The van der Waals surface area contributed by atoms with Crippen LogP contribution in [0, 0.1) is 0 Å². The summed E-state index contributed by atoms with van der Waals surface area (Å²) < 4.78 is 0. The number of aliphatic imine (C=N–C) groups is 1. The fourth-order valence-corrected chi connectivity index (χ4v) is 3.21. The molecule has 0 atom stereocenters. The van der Waals surface area contributed by atoms with Crippen LogP contribution in [0.4, 0.5) is 0 Å². The number of nitrogens with one attached hydrogen (secondary N) is 2. The summed E-state index contributed by atoms with van der Waals surface area (Å²) in [6, 6.07) is 7.93. The Hall–Kier alpha value is -1.31. The molecule has 27 heavy (non-hydrogen) atoms. The smallest absolute Gasteiger partial charge is 0.253 e. The van der Waals surface area contributed by atoms with Gasteiger partial charge in [-0.25, -0.2) is 0 Å². The van der Waals surface area contributed by atoms with Gasteiger partial charge in [0.2, 0.25) is 0 Å². The first-order valence-electron chi connectivity index (χ1n) is 10.1. The van der Waals surface area contributed by atoms with Crippen molar-refractivity contribution in [3.05, 3.63) is 35.4 Å². The molecule has 1 aromatic carbocycles. The van der Waals surface area contributed by atoms with Crippen LogP contribution < -0.4 is 10.6 Å². The van der Waals surface area contributed by atoms with Crippen LogP contribution in [0.25, 0.3) is 0 Å². The molecule has 6 heteroatoms. The molecule has 0 saturated carbocycles. The van der Waals surface area contributed by atoms with Gasteiger partial charge in [0.05, 0.1) is 0 Å². The number of amides is 1. The monoisotopic (exact) mass is 486 g/mol. The zero-order valence-corrected chi connectivity index (χ0v) is 19.1. The fourth-order valence-electron chi connectivity index (χ4n) is 3.21. The van der Waals surface area contributed by atoms with E-state index in [1.807, 2.05) is 29.2 Å². The molecule has 1 amide bonds. The fraction of sp³-hybridized carbons (Fsp3) is 0.619. The van der Waals surface area contributed by atoms with Gasteiger partial charge in [-0.05, 0) is 43.4 Å². The standard InChI is InChI=1S/C21H34N4O.HI/c1-3-4-5-7-14-23-21(22-2)24-17-18-10-12-19(13-11-18)20(26)25-15-8-6-9-16-25;/h10-13H,3-9,14-17H2,1-2H3,(H2,22,23,24);1H. The number of nitrogens with zero attached hydrogens (tertiary/aromatic N) is 2. The molecule has 0 aromatic heterocycles. The number of halogens is 1. The zero-order valence-electron chi connectivity index (χ0n) is 16.8. The lowest BCUT2D eigenvalue weighted by Gasteiger charge is -2.26. The Bertz CT molecular complexity index is 568. The molecule has 0 aliphatic carbocycles. The zero-order chi connectivity index (χ0) is 18.6. The van der Waals surface area contributed by atoms with Crippen molar-refractivity contribution in [2.75, 3.05) is 26.7 Å². The highest BCUT2D eigenvalue weighted by Gasteiger charge is 2.17. The number of carbonyl (C=O) groups excluding carboxylic acids is 1. The van der Waals surface area contributed by atoms with E-state index in [1.165, 1.54) is 32.1 Å². The minimum absolute atomic E-state index is 0. The summed E-state index contributed by atoms with van der Waals surface area (Å²) in [7, 11) is 1.79. The van der Waals surface area contributed by atoms with Crippen molar-refractivity contribution < 1.29 is 4.79 Å². The van der Waals surface area contributed by atoms with Crippen molar-refractivity contribution >= 4 is 35.8 Å². The van der Waals surface area contributed by atoms with Crippen LogP contribution in [0.5, 0.6) is 0 Å². The van der Waals surface area contributed by atoms with Crippen LogP contribution in [0.15, 0.2) is 29.3 Å². The lowest BCUT2D eigenvalue weighted by molar-refractivity contribution is 0.0724. The molecule has 1 fully saturated rings.